The predicted molar refractivity (Wildman–Crippen MR) is 103 cm³/mol. The van der Waals surface area contributed by atoms with E-state index >= 15 is 0 Å². The van der Waals surface area contributed by atoms with Crippen molar-refractivity contribution in [3.63, 3.8) is 0 Å². The molecule has 30 heavy (non-hydrogen) atoms. The van der Waals surface area contributed by atoms with Gasteiger partial charge in [-0.3, -0.25) is 0 Å². The fraction of sp³-hybridized carbons (Fsp3) is 0.350. The summed E-state index contributed by atoms with van der Waals surface area (Å²) in [6.45, 7) is -2.99. The van der Waals surface area contributed by atoms with Gasteiger partial charge in [0.2, 0.25) is 10.0 Å². The van der Waals surface area contributed by atoms with Crippen LogP contribution in [0.4, 0.5) is 8.78 Å². The highest BCUT2D eigenvalue weighted by Gasteiger charge is 2.38. The smallest absolute Gasteiger partial charge is 0.387 e. The quantitative estimate of drug-likeness (QED) is 0.555. The summed E-state index contributed by atoms with van der Waals surface area (Å²) in [6.07, 6.45) is 1.42. The zero-order chi connectivity index (χ0) is 21.9. The normalized spacial score (nSPS) is 14.1. The molecule has 162 valence electrons. The van der Waals surface area contributed by atoms with Crippen LogP contribution in [0.3, 0.4) is 0 Å². The third-order valence-electron chi connectivity index (χ3n) is 4.60. The molecule has 0 aromatic heterocycles. The molecule has 0 radical (unpaired) electrons. The van der Waals surface area contributed by atoms with Crippen molar-refractivity contribution < 1.29 is 36.2 Å². The van der Waals surface area contributed by atoms with Gasteiger partial charge >= 0.3 is 12.6 Å². The van der Waals surface area contributed by atoms with Gasteiger partial charge in [-0.15, -0.1) is 0 Å². The average molecular weight is 441 g/mol. The summed E-state index contributed by atoms with van der Waals surface area (Å²) in [5.41, 5.74) is 0.678. The molecule has 2 aromatic rings. The molecular formula is C20H21F2NO6S. The van der Waals surface area contributed by atoms with E-state index in [2.05, 4.69) is 9.47 Å². The number of carbonyl (C=O) groups is 1. The van der Waals surface area contributed by atoms with Gasteiger partial charge in [-0.25, -0.2) is 13.2 Å². The number of sulfonamides is 1. The second-order valence-electron chi connectivity index (χ2n) is 6.66. The molecule has 0 spiro atoms. The van der Waals surface area contributed by atoms with E-state index in [-0.39, 0.29) is 34.5 Å². The second-order valence-corrected chi connectivity index (χ2v) is 8.56. The zero-order valence-electron chi connectivity index (χ0n) is 16.4. The summed E-state index contributed by atoms with van der Waals surface area (Å²) in [4.78, 5) is 11.7. The third-order valence-corrected chi connectivity index (χ3v) is 6.49. The Bertz CT molecular complexity index is 1020. The number of rotatable bonds is 9. The SMILES string of the molecule is COC(=O)c1cccc(S(=O)(=O)N(Cc2ccc(OC(F)F)c(OC)c2)C2CC2)c1. The Balaban J connectivity index is 1.90. The standard InChI is InChI=1S/C20H21F2NO6S/c1-27-18-10-13(6-9-17(18)29-20(21)22)12-23(15-7-8-15)30(25,26)16-5-3-4-14(11-16)19(24)28-2/h3-6,9-11,15,20H,7-8,12H2,1-2H3. The molecule has 0 aliphatic heterocycles. The Labute approximate surface area is 173 Å². The van der Waals surface area contributed by atoms with Crippen molar-refractivity contribution in [2.75, 3.05) is 14.2 Å². The maximum atomic E-state index is 13.3. The molecule has 0 heterocycles. The largest absolute Gasteiger partial charge is 0.493 e. The summed E-state index contributed by atoms with van der Waals surface area (Å²) in [6, 6.07) is 9.75. The van der Waals surface area contributed by atoms with Crippen molar-refractivity contribution in [2.45, 2.75) is 36.9 Å². The molecule has 0 N–H and O–H groups in total. The summed E-state index contributed by atoms with van der Waals surface area (Å²) < 4.78 is 67.1. The summed E-state index contributed by atoms with van der Waals surface area (Å²) in [7, 11) is -1.39. The van der Waals surface area contributed by atoms with Crippen LogP contribution in [-0.2, 0) is 21.3 Å². The zero-order valence-corrected chi connectivity index (χ0v) is 17.2. The van der Waals surface area contributed by atoms with Gasteiger partial charge in [-0.05, 0) is 48.7 Å². The van der Waals surface area contributed by atoms with E-state index in [4.69, 9.17) is 4.74 Å². The van der Waals surface area contributed by atoms with Crippen LogP contribution < -0.4 is 9.47 Å². The van der Waals surface area contributed by atoms with E-state index in [9.17, 15) is 22.0 Å². The van der Waals surface area contributed by atoms with Gasteiger partial charge in [0.15, 0.2) is 11.5 Å². The number of alkyl halides is 2. The number of esters is 1. The number of halogens is 2. The van der Waals surface area contributed by atoms with Gasteiger partial charge < -0.3 is 14.2 Å². The van der Waals surface area contributed by atoms with Crippen molar-refractivity contribution in [3.8, 4) is 11.5 Å². The van der Waals surface area contributed by atoms with Crippen molar-refractivity contribution in [2.24, 2.45) is 0 Å². The molecule has 0 atom stereocenters. The molecule has 1 saturated carbocycles. The first-order valence-electron chi connectivity index (χ1n) is 9.08. The van der Waals surface area contributed by atoms with Crippen molar-refractivity contribution in [1.82, 2.24) is 4.31 Å². The van der Waals surface area contributed by atoms with Crippen LogP contribution in [-0.4, -0.2) is 45.6 Å². The van der Waals surface area contributed by atoms with Crippen LogP contribution in [0.25, 0.3) is 0 Å². The lowest BCUT2D eigenvalue weighted by molar-refractivity contribution is -0.0512. The van der Waals surface area contributed by atoms with E-state index in [0.717, 1.165) is 0 Å². The van der Waals surface area contributed by atoms with Gasteiger partial charge in [0.1, 0.15) is 0 Å². The van der Waals surface area contributed by atoms with Crippen LogP contribution >= 0.6 is 0 Å². The Morgan fingerprint density at radius 3 is 2.47 bits per heavy atom. The summed E-state index contributed by atoms with van der Waals surface area (Å²) in [5, 5.41) is 0. The molecule has 0 unspecified atom stereocenters. The lowest BCUT2D eigenvalue weighted by Crippen LogP contribution is -2.32. The fourth-order valence-electron chi connectivity index (χ4n) is 2.99. The van der Waals surface area contributed by atoms with Gasteiger partial charge in [0.05, 0.1) is 24.7 Å². The maximum Gasteiger partial charge on any atom is 0.387 e. The van der Waals surface area contributed by atoms with E-state index < -0.39 is 22.6 Å². The van der Waals surface area contributed by atoms with Crippen LogP contribution in [0.1, 0.15) is 28.8 Å². The number of carbonyl (C=O) groups excluding carboxylic acids is 1. The first-order valence-corrected chi connectivity index (χ1v) is 10.5. The fourth-order valence-corrected chi connectivity index (χ4v) is 4.71. The lowest BCUT2D eigenvalue weighted by Gasteiger charge is -2.23. The summed E-state index contributed by atoms with van der Waals surface area (Å²) >= 11 is 0. The molecule has 2 aromatic carbocycles. The molecule has 0 saturated heterocycles. The monoisotopic (exact) mass is 441 g/mol. The maximum absolute atomic E-state index is 13.3. The molecule has 1 aliphatic carbocycles. The Morgan fingerprint density at radius 1 is 1.13 bits per heavy atom. The van der Waals surface area contributed by atoms with Gasteiger partial charge in [-0.2, -0.15) is 13.1 Å². The molecule has 7 nitrogen and oxygen atoms in total. The minimum Gasteiger partial charge on any atom is -0.493 e. The van der Waals surface area contributed by atoms with Crippen LogP contribution in [0.5, 0.6) is 11.5 Å². The third kappa shape index (κ3) is 4.88. The second kappa shape index (κ2) is 8.97. The van der Waals surface area contributed by atoms with Gasteiger partial charge in [-0.1, -0.05) is 12.1 Å². The van der Waals surface area contributed by atoms with Crippen molar-refractivity contribution in [3.05, 3.63) is 53.6 Å². The average Bonchev–Trinajstić information content (AvgIpc) is 3.56. The Kier molecular flexibility index (Phi) is 6.57. The number of hydrogen-bond donors (Lipinski definition) is 0. The highest BCUT2D eigenvalue weighted by atomic mass is 32.2. The highest BCUT2D eigenvalue weighted by Crippen LogP contribution is 2.36. The van der Waals surface area contributed by atoms with Gasteiger partial charge in [0, 0.05) is 12.6 Å². The molecular weight excluding hydrogens is 420 g/mol. The number of methoxy groups -OCH3 is 2. The molecule has 1 aliphatic rings. The Hall–Kier alpha value is -2.72. The van der Waals surface area contributed by atoms with E-state index in [1.165, 1.54) is 61.0 Å². The number of hydrogen-bond acceptors (Lipinski definition) is 6. The number of nitrogens with zero attached hydrogens (tertiary/aromatic N) is 1. The molecule has 3 rings (SSSR count). The minimum absolute atomic E-state index is 0.0147. The Morgan fingerprint density at radius 2 is 1.87 bits per heavy atom. The topological polar surface area (TPSA) is 82.1 Å². The molecule has 0 amide bonds. The highest BCUT2D eigenvalue weighted by molar-refractivity contribution is 7.89. The summed E-state index contributed by atoms with van der Waals surface area (Å²) in [5.74, 6) is -0.694. The first kappa shape index (κ1) is 22.0. The van der Waals surface area contributed by atoms with E-state index in [1.807, 2.05) is 0 Å². The number of ether oxygens (including phenoxy) is 3. The van der Waals surface area contributed by atoms with Crippen LogP contribution in [0.2, 0.25) is 0 Å². The number of benzene rings is 2. The van der Waals surface area contributed by atoms with E-state index in [1.54, 1.807) is 0 Å². The molecule has 1 fully saturated rings. The van der Waals surface area contributed by atoms with Gasteiger partial charge in [0.25, 0.3) is 0 Å². The van der Waals surface area contributed by atoms with Crippen LogP contribution in [0.15, 0.2) is 47.4 Å². The lowest BCUT2D eigenvalue weighted by atomic mass is 10.2. The first-order chi connectivity index (χ1) is 14.3. The molecule has 0 bridgehead atoms. The minimum atomic E-state index is -3.92. The van der Waals surface area contributed by atoms with Crippen molar-refractivity contribution >= 4 is 16.0 Å². The van der Waals surface area contributed by atoms with E-state index in [0.29, 0.717) is 18.4 Å². The van der Waals surface area contributed by atoms with Crippen LogP contribution in [0, 0.1) is 0 Å². The molecule has 10 heteroatoms. The predicted octanol–water partition coefficient (Wildman–Crippen LogP) is 3.44. The van der Waals surface area contributed by atoms with Crippen molar-refractivity contribution in [1.29, 1.82) is 0 Å².